The molecule has 3 fully saturated rings. The Labute approximate surface area is 211 Å². The van der Waals surface area contributed by atoms with E-state index in [1.807, 2.05) is 53.4 Å². The number of carbonyl (C=O) groups excluding carboxylic acids is 2. The summed E-state index contributed by atoms with van der Waals surface area (Å²) in [6.45, 7) is 5.63. The SMILES string of the molecule is O=C(N[C@@H](CCN1CC2CN(C(=O)c3cc4ccccc4o3)CC2C1)c1ccccc1)C1CCOC1. The Hall–Kier alpha value is -3.16. The largest absolute Gasteiger partial charge is 0.451 e. The summed E-state index contributed by atoms with van der Waals surface area (Å²) in [4.78, 5) is 30.3. The summed E-state index contributed by atoms with van der Waals surface area (Å²) < 4.78 is 11.2. The van der Waals surface area contributed by atoms with Crippen LogP contribution in [0, 0.1) is 17.8 Å². The normalized spacial score (nSPS) is 24.8. The molecule has 7 nitrogen and oxygen atoms in total. The van der Waals surface area contributed by atoms with Crippen molar-refractivity contribution in [1.82, 2.24) is 15.1 Å². The van der Waals surface area contributed by atoms with Crippen LogP contribution in [-0.4, -0.2) is 67.6 Å². The fourth-order valence-corrected chi connectivity index (χ4v) is 6.03. The summed E-state index contributed by atoms with van der Waals surface area (Å²) in [6.07, 6.45) is 1.66. The number of nitrogens with one attached hydrogen (secondary N) is 1. The van der Waals surface area contributed by atoms with E-state index in [9.17, 15) is 9.59 Å². The molecule has 6 rings (SSSR count). The molecule has 7 heteroatoms. The van der Waals surface area contributed by atoms with Crippen molar-refractivity contribution < 1.29 is 18.7 Å². The van der Waals surface area contributed by atoms with Crippen LogP contribution in [-0.2, 0) is 9.53 Å². The number of likely N-dealkylation sites (tertiary alicyclic amines) is 2. The minimum atomic E-state index is -0.0439. The highest BCUT2D eigenvalue weighted by atomic mass is 16.5. The molecular formula is C29H33N3O4. The second-order valence-electron chi connectivity index (χ2n) is 10.5. The highest BCUT2D eigenvalue weighted by Crippen LogP contribution is 2.33. The lowest BCUT2D eigenvalue weighted by Crippen LogP contribution is -2.37. The number of hydrogen-bond acceptors (Lipinski definition) is 5. The van der Waals surface area contributed by atoms with Crippen LogP contribution in [0.3, 0.4) is 0 Å². The number of rotatable bonds is 7. The van der Waals surface area contributed by atoms with Gasteiger partial charge < -0.3 is 24.3 Å². The molecular weight excluding hydrogens is 454 g/mol. The van der Waals surface area contributed by atoms with E-state index in [1.165, 1.54) is 0 Å². The number of para-hydroxylation sites is 1. The van der Waals surface area contributed by atoms with Crippen LogP contribution in [0.15, 0.2) is 65.1 Å². The van der Waals surface area contributed by atoms with E-state index in [1.54, 1.807) is 0 Å². The predicted molar refractivity (Wildman–Crippen MR) is 136 cm³/mol. The van der Waals surface area contributed by atoms with Gasteiger partial charge in [-0.15, -0.1) is 0 Å². The maximum atomic E-state index is 13.1. The Morgan fingerprint density at radius 2 is 1.72 bits per heavy atom. The van der Waals surface area contributed by atoms with Crippen LogP contribution in [0.5, 0.6) is 0 Å². The van der Waals surface area contributed by atoms with Crippen LogP contribution in [0.1, 0.15) is 35.0 Å². The summed E-state index contributed by atoms with van der Waals surface area (Å²) in [5.74, 6) is 1.45. The first-order valence-corrected chi connectivity index (χ1v) is 13.1. The smallest absolute Gasteiger partial charge is 0.289 e. The minimum Gasteiger partial charge on any atom is -0.451 e. The molecule has 3 aliphatic rings. The molecule has 4 atom stereocenters. The molecule has 3 aromatic rings. The molecule has 2 aromatic carbocycles. The second-order valence-corrected chi connectivity index (χ2v) is 10.5. The van der Waals surface area contributed by atoms with Crippen LogP contribution < -0.4 is 5.32 Å². The maximum Gasteiger partial charge on any atom is 0.289 e. The maximum absolute atomic E-state index is 13.1. The molecule has 4 heterocycles. The van der Waals surface area contributed by atoms with E-state index in [-0.39, 0.29) is 23.8 Å². The number of benzene rings is 2. The molecule has 0 aliphatic carbocycles. The van der Waals surface area contributed by atoms with Gasteiger partial charge in [0.1, 0.15) is 5.58 Å². The molecule has 2 amide bonds. The second kappa shape index (κ2) is 10.1. The van der Waals surface area contributed by atoms with Crippen molar-refractivity contribution in [2.75, 3.05) is 45.9 Å². The fourth-order valence-electron chi connectivity index (χ4n) is 6.03. The van der Waals surface area contributed by atoms with E-state index in [0.717, 1.165) is 62.1 Å². The average molecular weight is 488 g/mol. The van der Waals surface area contributed by atoms with Gasteiger partial charge in [-0.05, 0) is 42.4 Å². The fraction of sp³-hybridized carbons (Fsp3) is 0.448. The zero-order chi connectivity index (χ0) is 24.5. The Bertz CT molecular complexity index is 1170. The highest BCUT2D eigenvalue weighted by Gasteiger charge is 2.42. The summed E-state index contributed by atoms with van der Waals surface area (Å²) in [6, 6.07) is 19.8. The molecule has 3 saturated heterocycles. The van der Waals surface area contributed by atoms with Crippen LogP contribution >= 0.6 is 0 Å². The van der Waals surface area contributed by atoms with Gasteiger partial charge in [-0.3, -0.25) is 9.59 Å². The molecule has 0 bridgehead atoms. The minimum absolute atomic E-state index is 0.00473. The van der Waals surface area contributed by atoms with Crippen LogP contribution in [0.2, 0.25) is 0 Å². The molecule has 0 spiro atoms. The van der Waals surface area contributed by atoms with Gasteiger partial charge in [0, 0.05) is 44.7 Å². The summed E-state index contributed by atoms with van der Waals surface area (Å²) in [5.41, 5.74) is 1.90. The Morgan fingerprint density at radius 3 is 2.44 bits per heavy atom. The molecule has 3 aliphatic heterocycles. The first-order valence-electron chi connectivity index (χ1n) is 13.1. The first-order chi connectivity index (χ1) is 17.6. The third kappa shape index (κ3) is 4.77. The molecule has 0 saturated carbocycles. The van der Waals surface area contributed by atoms with Crippen molar-refractivity contribution in [3.63, 3.8) is 0 Å². The quantitative estimate of drug-likeness (QED) is 0.550. The monoisotopic (exact) mass is 487 g/mol. The Morgan fingerprint density at radius 1 is 0.972 bits per heavy atom. The lowest BCUT2D eigenvalue weighted by Gasteiger charge is -2.25. The number of ether oxygens (including phenoxy) is 1. The molecule has 36 heavy (non-hydrogen) atoms. The molecule has 0 radical (unpaired) electrons. The van der Waals surface area contributed by atoms with Crippen molar-refractivity contribution in [3.05, 3.63) is 72.0 Å². The number of carbonyl (C=O) groups is 2. The van der Waals surface area contributed by atoms with Crippen molar-refractivity contribution in [2.45, 2.75) is 18.9 Å². The lowest BCUT2D eigenvalue weighted by molar-refractivity contribution is -0.125. The summed E-state index contributed by atoms with van der Waals surface area (Å²) in [7, 11) is 0. The molecule has 3 unspecified atom stereocenters. The number of fused-ring (bicyclic) bond motifs is 2. The van der Waals surface area contributed by atoms with Crippen LogP contribution in [0.4, 0.5) is 0 Å². The zero-order valence-electron chi connectivity index (χ0n) is 20.5. The number of amides is 2. The number of furan rings is 1. The van der Waals surface area contributed by atoms with Gasteiger partial charge in [0.05, 0.1) is 18.6 Å². The van der Waals surface area contributed by atoms with E-state index < -0.39 is 0 Å². The topological polar surface area (TPSA) is 75.0 Å². The number of nitrogens with zero attached hydrogens (tertiary/aromatic N) is 2. The third-order valence-electron chi connectivity index (χ3n) is 8.04. The average Bonchev–Trinajstić information content (AvgIpc) is 3.69. The van der Waals surface area contributed by atoms with Crippen molar-refractivity contribution >= 4 is 22.8 Å². The molecule has 1 aromatic heterocycles. The van der Waals surface area contributed by atoms with Gasteiger partial charge in [0.25, 0.3) is 5.91 Å². The predicted octanol–water partition coefficient (Wildman–Crippen LogP) is 3.72. The molecule has 1 N–H and O–H groups in total. The van der Waals surface area contributed by atoms with Gasteiger partial charge in [0.2, 0.25) is 5.91 Å². The highest BCUT2D eigenvalue weighted by molar-refractivity contribution is 5.96. The van der Waals surface area contributed by atoms with E-state index in [2.05, 4.69) is 22.3 Å². The third-order valence-corrected chi connectivity index (χ3v) is 8.04. The van der Waals surface area contributed by atoms with E-state index in [0.29, 0.717) is 30.8 Å². The van der Waals surface area contributed by atoms with Gasteiger partial charge in [-0.2, -0.15) is 0 Å². The summed E-state index contributed by atoms with van der Waals surface area (Å²) >= 11 is 0. The first kappa shape index (κ1) is 23.3. The van der Waals surface area contributed by atoms with Gasteiger partial charge >= 0.3 is 0 Å². The van der Waals surface area contributed by atoms with E-state index in [4.69, 9.17) is 9.15 Å². The van der Waals surface area contributed by atoms with Crippen molar-refractivity contribution in [2.24, 2.45) is 17.8 Å². The van der Waals surface area contributed by atoms with E-state index >= 15 is 0 Å². The van der Waals surface area contributed by atoms with Gasteiger partial charge in [0.15, 0.2) is 5.76 Å². The zero-order valence-corrected chi connectivity index (χ0v) is 20.5. The Kier molecular flexibility index (Phi) is 6.50. The number of hydrogen-bond donors (Lipinski definition) is 1. The summed E-state index contributed by atoms with van der Waals surface area (Å²) in [5, 5.41) is 4.26. The van der Waals surface area contributed by atoms with Crippen molar-refractivity contribution in [3.8, 4) is 0 Å². The van der Waals surface area contributed by atoms with Gasteiger partial charge in [-0.1, -0.05) is 48.5 Å². The molecule has 188 valence electrons. The lowest BCUT2D eigenvalue weighted by atomic mass is 10.0. The van der Waals surface area contributed by atoms with Crippen molar-refractivity contribution in [1.29, 1.82) is 0 Å². The van der Waals surface area contributed by atoms with Gasteiger partial charge in [-0.25, -0.2) is 0 Å². The standard InChI is InChI=1S/C29H33N3O4/c33-28(22-11-13-35-19-22)30-25(20-6-2-1-3-7-20)10-12-31-15-23-17-32(18-24(23)16-31)29(34)27-14-21-8-4-5-9-26(21)36-27/h1-9,14,22-25H,10-13,15-19H2,(H,30,33)/t22?,23?,24?,25-/m0/s1. The Balaban J connectivity index is 1.04. The van der Waals surface area contributed by atoms with Crippen LogP contribution in [0.25, 0.3) is 11.0 Å².